The van der Waals surface area contributed by atoms with E-state index in [0.29, 0.717) is 17.5 Å². The molecule has 10 aromatic carbocycles. The number of hydrogen-bond donors (Lipinski definition) is 0. The van der Waals surface area contributed by atoms with Crippen LogP contribution in [0.4, 0.5) is 0 Å². The topological polar surface area (TPSA) is 56.7 Å². The van der Waals surface area contributed by atoms with Crippen molar-refractivity contribution in [3.05, 3.63) is 218 Å². The lowest BCUT2D eigenvalue weighted by Crippen LogP contribution is -2.02. The molecule has 13 aromatic rings. The van der Waals surface area contributed by atoms with Gasteiger partial charge in [0.25, 0.3) is 0 Å². The van der Waals surface area contributed by atoms with Crippen LogP contribution in [0.2, 0.25) is 0 Å². The van der Waals surface area contributed by atoms with E-state index in [4.69, 9.17) is 19.4 Å². The van der Waals surface area contributed by atoms with Gasteiger partial charge in [-0.05, 0) is 86.3 Å². The maximum atomic E-state index is 6.97. The molecule has 0 aliphatic carbocycles. The highest BCUT2D eigenvalue weighted by Gasteiger charge is 2.23. The Morgan fingerprint density at radius 3 is 1.69 bits per heavy atom. The van der Waals surface area contributed by atoms with Crippen molar-refractivity contribution in [1.82, 2.24) is 19.5 Å². The summed E-state index contributed by atoms with van der Waals surface area (Å²) in [5, 5.41) is 9.10. The third kappa shape index (κ3) is 5.90. The van der Waals surface area contributed by atoms with Crippen LogP contribution in [0.1, 0.15) is 0 Å². The molecular formula is C59H36N4O. The number of rotatable bonds is 6. The van der Waals surface area contributed by atoms with E-state index in [1.54, 1.807) is 0 Å². The summed E-state index contributed by atoms with van der Waals surface area (Å²) in [4.78, 5) is 16.0. The molecule has 0 spiro atoms. The van der Waals surface area contributed by atoms with Gasteiger partial charge in [0.15, 0.2) is 17.5 Å². The van der Waals surface area contributed by atoms with Crippen LogP contribution >= 0.6 is 0 Å². The second-order valence-corrected chi connectivity index (χ2v) is 16.4. The zero-order valence-corrected chi connectivity index (χ0v) is 34.5. The van der Waals surface area contributed by atoms with Gasteiger partial charge in [-0.1, -0.05) is 176 Å². The third-order valence-corrected chi connectivity index (χ3v) is 12.6. The smallest absolute Gasteiger partial charge is 0.167 e. The van der Waals surface area contributed by atoms with Crippen molar-refractivity contribution in [2.45, 2.75) is 0 Å². The largest absolute Gasteiger partial charge is 0.455 e. The Labute approximate surface area is 368 Å². The standard InChI is InChI=1S/C59H36N4O/c1-3-14-37(15-4-1)39-26-28-41(29-27-39)57-60-58(45-22-13-21-42(32-45)38-16-5-2-6-17-38)62-59(61-57)51-36-46(35-50-55-47-23-10-9-18-40(47)30-31-54(55)64-56(50)51)63-52-25-12-11-24-48(52)49-33-43-19-7-8-20-44(43)34-53(49)63/h1-36H. The highest BCUT2D eigenvalue weighted by atomic mass is 16.3. The van der Waals surface area contributed by atoms with Crippen LogP contribution in [0.5, 0.6) is 0 Å². The zero-order valence-electron chi connectivity index (χ0n) is 34.5. The van der Waals surface area contributed by atoms with Gasteiger partial charge in [0.1, 0.15) is 11.2 Å². The molecular weight excluding hydrogens is 781 g/mol. The van der Waals surface area contributed by atoms with E-state index >= 15 is 0 Å². The molecule has 5 nitrogen and oxygen atoms in total. The minimum absolute atomic E-state index is 0.527. The van der Waals surface area contributed by atoms with E-state index in [0.717, 1.165) is 88.4 Å². The Kier molecular flexibility index (Phi) is 8.15. The SMILES string of the molecule is c1ccc(-c2ccc(-c3nc(-c4cccc(-c5ccccc5)c4)nc(-c4cc(-n5c6ccccc6c6cc7ccccc7cc65)cc5c4oc4ccc6ccccc6c45)n3)cc2)cc1. The maximum Gasteiger partial charge on any atom is 0.167 e. The number of furan rings is 1. The van der Waals surface area contributed by atoms with Crippen LogP contribution in [0.15, 0.2) is 223 Å². The van der Waals surface area contributed by atoms with Gasteiger partial charge >= 0.3 is 0 Å². The Hall–Kier alpha value is -8.67. The lowest BCUT2D eigenvalue weighted by molar-refractivity contribution is 0.669. The minimum atomic E-state index is 0.527. The second-order valence-electron chi connectivity index (χ2n) is 16.4. The van der Waals surface area contributed by atoms with Gasteiger partial charge in [-0.25, -0.2) is 15.0 Å². The second kappa shape index (κ2) is 14.5. The molecule has 3 heterocycles. The quantitative estimate of drug-likeness (QED) is 0.168. The molecule has 0 unspecified atom stereocenters. The fourth-order valence-electron chi connectivity index (χ4n) is 9.53. The van der Waals surface area contributed by atoms with E-state index in [1.165, 1.54) is 21.5 Å². The number of benzene rings is 10. The number of hydrogen-bond acceptors (Lipinski definition) is 4. The van der Waals surface area contributed by atoms with E-state index in [1.807, 2.05) is 12.1 Å². The Morgan fingerprint density at radius 1 is 0.328 bits per heavy atom. The van der Waals surface area contributed by atoms with Crippen molar-refractivity contribution in [1.29, 1.82) is 0 Å². The van der Waals surface area contributed by atoms with E-state index in [9.17, 15) is 0 Å². The first-order valence-electron chi connectivity index (χ1n) is 21.6. The fourth-order valence-corrected chi connectivity index (χ4v) is 9.53. The van der Waals surface area contributed by atoms with Gasteiger partial charge < -0.3 is 8.98 Å². The molecule has 298 valence electrons. The van der Waals surface area contributed by atoms with Crippen molar-refractivity contribution in [3.63, 3.8) is 0 Å². The van der Waals surface area contributed by atoms with E-state index < -0.39 is 0 Å². The van der Waals surface area contributed by atoms with Crippen molar-refractivity contribution in [2.75, 3.05) is 0 Å². The first-order valence-corrected chi connectivity index (χ1v) is 21.6. The molecule has 13 rings (SSSR count). The lowest BCUT2D eigenvalue weighted by Gasteiger charge is -2.13. The first-order chi connectivity index (χ1) is 31.7. The lowest BCUT2D eigenvalue weighted by atomic mass is 10.0. The first kappa shape index (κ1) is 36.0. The Balaban J connectivity index is 1.11. The van der Waals surface area contributed by atoms with Crippen LogP contribution in [0.25, 0.3) is 127 Å². The summed E-state index contributed by atoms with van der Waals surface area (Å²) in [5.74, 6) is 1.68. The zero-order chi connectivity index (χ0) is 42.1. The Bertz CT molecular complexity index is 3940. The molecule has 0 N–H and O–H groups in total. The summed E-state index contributed by atoms with van der Waals surface area (Å²) >= 11 is 0. The predicted molar refractivity (Wildman–Crippen MR) is 264 cm³/mol. The van der Waals surface area contributed by atoms with Crippen molar-refractivity contribution >= 4 is 65.3 Å². The summed E-state index contributed by atoms with van der Waals surface area (Å²) in [6.45, 7) is 0. The molecule has 5 heteroatoms. The van der Waals surface area contributed by atoms with E-state index in [2.05, 4.69) is 211 Å². The molecule has 0 aliphatic heterocycles. The summed E-state index contributed by atoms with van der Waals surface area (Å²) in [7, 11) is 0. The Morgan fingerprint density at radius 2 is 0.906 bits per heavy atom. The summed E-state index contributed by atoms with van der Waals surface area (Å²) in [5.41, 5.74) is 11.8. The average molecular weight is 817 g/mol. The fraction of sp³-hybridized carbons (Fsp3) is 0. The maximum absolute atomic E-state index is 6.97. The molecule has 0 atom stereocenters. The van der Waals surface area contributed by atoms with Crippen molar-refractivity contribution < 1.29 is 4.42 Å². The van der Waals surface area contributed by atoms with Crippen LogP contribution in [-0.4, -0.2) is 19.5 Å². The van der Waals surface area contributed by atoms with Crippen molar-refractivity contribution in [2.24, 2.45) is 0 Å². The van der Waals surface area contributed by atoms with Gasteiger partial charge in [-0.15, -0.1) is 0 Å². The normalized spacial score (nSPS) is 11.8. The van der Waals surface area contributed by atoms with Gasteiger partial charge in [0.05, 0.1) is 16.6 Å². The predicted octanol–water partition coefficient (Wildman–Crippen LogP) is 15.5. The highest BCUT2D eigenvalue weighted by Crippen LogP contribution is 2.43. The van der Waals surface area contributed by atoms with Gasteiger partial charge in [-0.3, -0.25) is 0 Å². The van der Waals surface area contributed by atoms with Gasteiger partial charge in [0.2, 0.25) is 0 Å². The highest BCUT2D eigenvalue weighted by molar-refractivity contribution is 6.21. The molecule has 0 fully saturated rings. The molecule has 3 aromatic heterocycles. The third-order valence-electron chi connectivity index (χ3n) is 12.6. The molecule has 0 aliphatic rings. The average Bonchev–Trinajstić information content (AvgIpc) is 3.91. The molecule has 64 heavy (non-hydrogen) atoms. The van der Waals surface area contributed by atoms with Gasteiger partial charge in [0, 0.05) is 38.4 Å². The number of fused-ring (bicyclic) bond motifs is 9. The molecule has 0 saturated carbocycles. The van der Waals surface area contributed by atoms with E-state index in [-0.39, 0.29) is 0 Å². The monoisotopic (exact) mass is 816 g/mol. The van der Waals surface area contributed by atoms with Gasteiger partial charge in [-0.2, -0.15) is 0 Å². The van der Waals surface area contributed by atoms with Crippen molar-refractivity contribution in [3.8, 4) is 62.1 Å². The van der Waals surface area contributed by atoms with Crippen LogP contribution in [-0.2, 0) is 0 Å². The van der Waals surface area contributed by atoms with Crippen LogP contribution < -0.4 is 0 Å². The van der Waals surface area contributed by atoms with Crippen LogP contribution in [0, 0.1) is 0 Å². The number of aromatic nitrogens is 4. The summed E-state index contributed by atoms with van der Waals surface area (Å²) in [6, 6.07) is 76.9. The molecule has 0 bridgehead atoms. The van der Waals surface area contributed by atoms with Crippen LogP contribution in [0.3, 0.4) is 0 Å². The molecule has 0 amide bonds. The molecule has 0 saturated heterocycles. The molecule has 0 radical (unpaired) electrons. The minimum Gasteiger partial charge on any atom is -0.455 e. The number of nitrogens with zero attached hydrogens (tertiary/aromatic N) is 4. The summed E-state index contributed by atoms with van der Waals surface area (Å²) in [6.07, 6.45) is 0. The number of para-hydroxylation sites is 1. The summed E-state index contributed by atoms with van der Waals surface area (Å²) < 4.78 is 9.36.